The lowest BCUT2D eigenvalue weighted by atomic mass is 9.86. The Morgan fingerprint density at radius 3 is 2.24 bits per heavy atom. The third-order valence-electron chi connectivity index (χ3n) is 13.5. The molecular weight excluding hydrogens is 891 g/mol. The minimum atomic E-state index is -2.05. The standard InChI is InChI=1S/C55H61N5O10/c1-68-49-29-40(15-16-41(49)31-56-32-48(62)45-17-19-47(61)52-46(45)18-20-50(63)58-52)53(65)57-33-51(64)60-27-23-39(24-28-60)35-69-44-14-8-13-43(30-44)55(67,42-11-6-3-7-12-42)54(66)70-36-38-21-25-59(26-22-38)34-37-9-4-2-5-10-37/h2-20,29-30,38-39,48,56,61-62,67H,21-28,31-36H2,1H3,(H,57,65)(H,58,63)/t48-,55?/m0/s1. The highest BCUT2D eigenvalue weighted by Gasteiger charge is 2.42. The van der Waals surface area contributed by atoms with Gasteiger partial charge in [-0.15, -0.1) is 0 Å². The number of carbonyl (C=O) groups is 3. The summed E-state index contributed by atoms with van der Waals surface area (Å²) in [4.78, 5) is 58.9. The zero-order chi connectivity index (χ0) is 49.0. The molecule has 0 radical (unpaired) electrons. The smallest absolute Gasteiger partial charge is 0.347 e. The molecule has 0 bridgehead atoms. The van der Waals surface area contributed by atoms with E-state index < -0.39 is 23.6 Å². The Morgan fingerprint density at radius 2 is 1.50 bits per heavy atom. The number of piperidine rings is 2. The van der Waals surface area contributed by atoms with E-state index in [2.05, 4.69) is 44.8 Å². The van der Waals surface area contributed by atoms with E-state index in [0.717, 1.165) is 38.0 Å². The first-order valence-electron chi connectivity index (χ1n) is 23.9. The van der Waals surface area contributed by atoms with Crippen LogP contribution >= 0.6 is 0 Å². The number of rotatable bonds is 19. The van der Waals surface area contributed by atoms with Crippen molar-refractivity contribution in [1.82, 2.24) is 25.4 Å². The molecule has 2 aliphatic rings. The zero-order valence-electron chi connectivity index (χ0n) is 39.3. The number of methoxy groups -OCH3 is 1. The topological polar surface area (TPSA) is 203 Å². The average molecular weight is 952 g/mol. The van der Waals surface area contributed by atoms with Crippen LogP contribution in [0.3, 0.4) is 0 Å². The van der Waals surface area contributed by atoms with Gasteiger partial charge in [0.2, 0.25) is 17.1 Å². The second-order valence-corrected chi connectivity index (χ2v) is 18.2. The molecule has 2 fully saturated rings. The lowest BCUT2D eigenvalue weighted by molar-refractivity contribution is -0.164. The molecule has 0 saturated carbocycles. The van der Waals surface area contributed by atoms with Crippen LogP contribution in [0.1, 0.15) is 70.0 Å². The van der Waals surface area contributed by atoms with Gasteiger partial charge in [-0.25, -0.2) is 4.79 Å². The molecule has 0 aliphatic carbocycles. The minimum absolute atomic E-state index is 0.0900. The highest BCUT2D eigenvalue weighted by Crippen LogP contribution is 2.35. The lowest BCUT2D eigenvalue weighted by Crippen LogP contribution is -2.44. The SMILES string of the molecule is COc1cc(C(=O)NCC(=O)N2CCC(COc3cccc(C(O)(C(=O)OCC4CCN(Cc5ccccc5)CC4)c4ccccc4)c3)CC2)ccc1CNC[C@H](O)c1ccc(O)c2[nH]c(=O)ccc12. The molecule has 0 spiro atoms. The van der Waals surface area contributed by atoms with Crippen LogP contribution < -0.4 is 25.7 Å². The summed E-state index contributed by atoms with van der Waals surface area (Å²) in [5.74, 6) is -0.122. The van der Waals surface area contributed by atoms with Gasteiger partial charge in [-0.2, -0.15) is 0 Å². The molecule has 2 saturated heterocycles. The van der Waals surface area contributed by atoms with Crippen LogP contribution in [-0.2, 0) is 33.0 Å². The maximum Gasteiger partial charge on any atom is 0.347 e. The number of nitrogens with zero attached hydrogens (tertiary/aromatic N) is 2. The van der Waals surface area contributed by atoms with E-state index >= 15 is 0 Å². The van der Waals surface area contributed by atoms with Crippen molar-refractivity contribution in [3.8, 4) is 17.2 Å². The number of hydrogen-bond donors (Lipinski definition) is 6. The Kier molecular flexibility index (Phi) is 16.3. The fraction of sp³-hybridized carbons (Fsp3) is 0.345. The molecule has 1 aromatic heterocycles. The number of esters is 1. The number of aromatic amines is 1. The normalized spacial score (nSPS) is 16.0. The Labute approximate surface area is 407 Å². The van der Waals surface area contributed by atoms with Crippen molar-refractivity contribution in [2.45, 2.75) is 50.5 Å². The van der Waals surface area contributed by atoms with Crippen molar-refractivity contribution in [3.63, 3.8) is 0 Å². The number of phenolic OH excluding ortho intramolecular Hbond substituents is 1. The number of aliphatic hydroxyl groups excluding tert-OH is 1. The number of aliphatic hydroxyl groups is 2. The summed E-state index contributed by atoms with van der Waals surface area (Å²) in [5.41, 5.74) is 1.48. The molecule has 70 heavy (non-hydrogen) atoms. The number of nitrogens with one attached hydrogen (secondary N) is 3. The first-order chi connectivity index (χ1) is 34.0. The van der Waals surface area contributed by atoms with Crippen molar-refractivity contribution >= 4 is 28.7 Å². The summed E-state index contributed by atoms with van der Waals surface area (Å²) in [5, 5.41) is 39.8. The number of phenols is 1. The van der Waals surface area contributed by atoms with Crippen LogP contribution in [0.4, 0.5) is 0 Å². The van der Waals surface area contributed by atoms with Gasteiger partial charge in [0.15, 0.2) is 0 Å². The van der Waals surface area contributed by atoms with Crippen LogP contribution in [0.25, 0.3) is 10.9 Å². The van der Waals surface area contributed by atoms with Gasteiger partial charge >= 0.3 is 5.97 Å². The van der Waals surface area contributed by atoms with Crippen molar-refractivity contribution in [2.75, 3.05) is 59.6 Å². The summed E-state index contributed by atoms with van der Waals surface area (Å²) < 4.78 is 17.7. The Hall–Kier alpha value is -7.04. The third-order valence-corrected chi connectivity index (χ3v) is 13.5. The van der Waals surface area contributed by atoms with Gasteiger partial charge in [0.05, 0.1) is 38.5 Å². The molecule has 2 aliphatic heterocycles. The van der Waals surface area contributed by atoms with Gasteiger partial charge in [0.25, 0.3) is 5.91 Å². The number of H-pyrrole nitrogens is 1. The molecule has 1 unspecified atom stereocenters. The molecular formula is C55H61N5O10. The summed E-state index contributed by atoms with van der Waals surface area (Å²) in [7, 11) is 1.50. The molecule has 6 N–H and O–H groups in total. The first kappa shape index (κ1) is 49.4. The quantitative estimate of drug-likeness (QED) is 0.0534. The van der Waals surface area contributed by atoms with Crippen LogP contribution in [0.2, 0.25) is 0 Å². The lowest BCUT2D eigenvalue weighted by Gasteiger charge is -2.33. The first-order valence-corrected chi connectivity index (χ1v) is 23.9. The number of hydrogen-bond acceptors (Lipinski definition) is 12. The van der Waals surface area contributed by atoms with E-state index in [4.69, 9.17) is 14.2 Å². The van der Waals surface area contributed by atoms with E-state index in [9.17, 15) is 34.5 Å². The number of likely N-dealkylation sites (tertiary alicyclic amines) is 2. The van der Waals surface area contributed by atoms with Gasteiger partial charge in [0, 0.05) is 60.9 Å². The fourth-order valence-electron chi connectivity index (χ4n) is 9.31. The number of pyridine rings is 1. The molecule has 15 heteroatoms. The van der Waals surface area contributed by atoms with E-state index in [-0.39, 0.29) is 54.3 Å². The molecule has 3 heterocycles. The van der Waals surface area contributed by atoms with Crippen LogP contribution in [0.15, 0.2) is 132 Å². The van der Waals surface area contributed by atoms with Gasteiger partial charge in [-0.05, 0) is 104 Å². The monoisotopic (exact) mass is 951 g/mol. The van der Waals surface area contributed by atoms with Crippen molar-refractivity contribution in [2.24, 2.45) is 11.8 Å². The van der Waals surface area contributed by atoms with Gasteiger partial charge in [0.1, 0.15) is 17.2 Å². The highest BCUT2D eigenvalue weighted by atomic mass is 16.6. The summed E-state index contributed by atoms with van der Waals surface area (Å²) in [6, 6.07) is 37.1. The summed E-state index contributed by atoms with van der Waals surface area (Å²) >= 11 is 0. The number of ether oxygens (including phenoxy) is 3. The van der Waals surface area contributed by atoms with Crippen LogP contribution in [-0.4, -0.2) is 107 Å². The number of aromatic hydroxyl groups is 1. The summed E-state index contributed by atoms with van der Waals surface area (Å²) in [6.07, 6.45) is 2.24. The van der Waals surface area contributed by atoms with E-state index in [1.54, 1.807) is 83.8 Å². The second-order valence-electron chi connectivity index (χ2n) is 18.2. The van der Waals surface area contributed by atoms with Gasteiger partial charge < -0.3 is 50.0 Å². The van der Waals surface area contributed by atoms with Gasteiger partial charge in [-0.3, -0.25) is 19.3 Å². The fourth-order valence-corrected chi connectivity index (χ4v) is 9.31. The zero-order valence-corrected chi connectivity index (χ0v) is 39.3. The number of benzene rings is 5. The van der Waals surface area contributed by atoms with Crippen molar-refractivity contribution in [1.29, 1.82) is 0 Å². The second kappa shape index (κ2) is 23.0. The van der Waals surface area contributed by atoms with Crippen molar-refractivity contribution < 1.29 is 43.9 Å². The van der Waals surface area contributed by atoms with E-state index in [1.165, 1.54) is 24.8 Å². The predicted molar refractivity (Wildman–Crippen MR) is 264 cm³/mol. The van der Waals surface area contributed by atoms with Crippen LogP contribution in [0, 0.1) is 11.8 Å². The average Bonchev–Trinajstić information content (AvgIpc) is 3.40. The molecule has 8 rings (SSSR count). The minimum Gasteiger partial charge on any atom is -0.506 e. The molecule has 5 aromatic carbocycles. The molecule has 2 amide bonds. The van der Waals surface area contributed by atoms with Gasteiger partial charge in [-0.1, -0.05) is 84.9 Å². The maximum absolute atomic E-state index is 13.9. The van der Waals surface area contributed by atoms with Crippen molar-refractivity contribution in [3.05, 3.63) is 171 Å². The Morgan fingerprint density at radius 1 is 0.800 bits per heavy atom. The Bertz CT molecular complexity index is 2790. The summed E-state index contributed by atoms with van der Waals surface area (Å²) in [6.45, 7) is 4.62. The number of carbonyl (C=O) groups excluding carboxylic acids is 3. The predicted octanol–water partition coefficient (Wildman–Crippen LogP) is 5.80. The Balaban J connectivity index is 0.779. The number of fused-ring (bicyclic) bond motifs is 1. The van der Waals surface area contributed by atoms with Crippen LogP contribution in [0.5, 0.6) is 17.2 Å². The van der Waals surface area contributed by atoms with E-state index in [0.29, 0.717) is 78.2 Å². The van der Waals surface area contributed by atoms with E-state index in [1.807, 2.05) is 12.1 Å². The largest absolute Gasteiger partial charge is 0.506 e. The number of amides is 2. The maximum atomic E-state index is 13.9. The molecule has 6 aromatic rings. The number of aromatic nitrogens is 1. The molecule has 366 valence electrons. The highest BCUT2D eigenvalue weighted by molar-refractivity contribution is 5.97. The third kappa shape index (κ3) is 12.0. The molecule has 15 nitrogen and oxygen atoms in total. The molecule has 2 atom stereocenters.